The number of rotatable bonds is 3. The lowest BCUT2D eigenvalue weighted by Gasteiger charge is -2.06. The lowest BCUT2D eigenvalue weighted by atomic mass is 9.99. The molecule has 0 fully saturated rings. The minimum atomic E-state index is 0.140. The van der Waals surface area contributed by atoms with E-state index in [0.717, 1.165) is 21.2 Å². The molecule has 0 aromatic heterocycles. The summed E-state index contributed by atoms with van der Waals surface area (Å²) in [5.41, 5.74) is 2.90. The summed E-state index contributed by atoms with van der Waals surface area (Å²) < 4.78 is 0.860. The fourth-order valence-electron chi connectivity index (χ4n) is 2.48. The highest BCUT2D eigenvalue weighted by Crippen LogP contribution is 2.21. The van der Waals surface area contributed by atoms with E-state index in [-0.39, 0.29) is 5.78 Å². The average Bonchev–Trinajstić information content (AvgIpc) is 2.49. The zero-order valence-corrected chi connectivity index (χ0v) is 13.4. The third-order valence-corrected chi connectivity index (χ3v) is 4.29. The fraction of sp³-hybridized carbons (Fsp3) is 0.105. The summed E-state index contributed by atoms with van der Waals surface area (Å²) in [6, 6.07) is 20.3. The van der Waals surface area contributed by atoms with E-state index in [0.29, 0.717) is 6.42 Å². The van der Waals surface area contributed by atoms with Gasteiger partial charge in [0.1, 0.15) is 0 Å². The summed E-state index contributed by atoms with van der Waals surface area (Å²) in [4.78, 5) is 12.5. The number of ketones is 1. The van der Waals surface area contributed by atoms with Crippen LogP contribution in [0.3, 0.4) is 0 Å². The Balaban J connectivity index is 1.90. The number of aryl methyl sites for hydroxylation is 1. The van der Waals surface area contributed by atoms with Gasteiger partial charge in [-0.05, 0) is 35.4 Å². The fourth-order valence-corrected chi connectivity index (χ4v) is 2.95. The molecule has 21 heavy (non-hydrogen) atoms. The van der Waals surface area contributed by atoms with E-state index in [9.17, 15) is 4.79 Å². The monoisotopic (exact) mass is 338 g/mol. The zero-order chi connectivity index (χ0) is 14.8. The quantitative estimate of drug-likeness (QED) is 0.589. The average molecular weight is 339 g/mol. The Morgan fingerprint density at radius 1 is 0.952 bits per heavy atom. The van der Waals surface area contributed by atoms with Crippen LogP contribution in [0.1, 0.15) is 21.5 Å². The first-order valence-corrected chi connectivity index (χ1v) is 7.70. The molecule has 0 aliphatic rings. The number of halogens is 1. The molecule has 0 amide bonds. The summed E-state index contributed by atoms with van der Waals surface area (Å²) in [7, 11) is 0. The van der Waals surface area contributed by atoms with Crippen LogP contribution in [0.15, 0.2) is 65.1 Å². The molecular formula is C19H15BrO. The Bertz CT molecular complexity index is 821. The number of fused-ring (bicyclic) bond motifs is 1. The summed E-state index contributed by atoms with van der Waals surface area (Å²) in [5.74, 6) is 0.140. The molecule has 0 N–H and O–H groups in total. The van der Waals surface area contributed by atoms with Crippen molar-refractivity contribution in [3.63, 3.8) is 0 Å². The molecule has 0 atom stereocenters. The van der Waals surface area contributed by atoms with Gasteiger partial charge in [0.25, 0.3) is 0 Å². The smallest absolute Gasteiger partial charge is 0.168 e. The van der Waals surface area contributed by atoms with Crippen molar-refractivity contribution in [2.75, 3.05) is 0 Å². The molecule has 3 rings (SSSR count). The molecule has 0 heterocycles. The SMILES string of the molecule is Cc1ccc(Br)c(C(=O)Cc2ccc3ccccc3c2)c1. The van der Waals surface area contributed by atoms with Crippen molar-refractivity contribution in [2.45, 2.75) is 13.3 Å². The Morgan fingerprint density at radius 2 is 1.71 bits per heavy atom. The second-order valence-corrected chi connectivity index (χ2v) is 6.12. The normalized spacial score (nSPS) is 10.8. The summed E-state index contributed by atoms with van der Waals surface area (Å²) in [6.07, 6.45) is 0.423. The van der Waals surface area contributed by atoms with E-state index in [1.54, 1.807) is 0 Å². The van der Waals surface area contributed by atoms with E-state index in [1.807, 2.05) is 43.3 Å². The van der Waals surface area contributed by atoms with E-state index in [2.05, 4.69) is 40.2 Å². The van der Waals surface area contributed by atoms with E-state index >= 15 is 0 Å². The number of hydrogen-bond donors (Lipinski definition) is 0. The van der Waals surface area contributed by atoms with Gasteiger partial charge in [-0.3, -0.25) is 4.79 Å². The molecule has 1 nitrogen and oxygen atoms in total. The second-order valence-electron chi connectivity index (χ2n) is 5.26. The van der Waals surface area contributed by atoms with Crippen molar-refractivity contribution in [3.05, 3.63) is 81.8 Å². The van der Waals surface area contributed by atoms with Gasteiger partial charge in [-0.15, -0.1) is 0 Å². The van der Waals surface area contributed by atoms with Gasteiger partial charge >= 0.3 is 0 Å². The Hall–Kier alpha value is -1.93. The molecule has 0 spiro atoms. The molecule has 3 aromatic carbocycles. The molecule has 2 heteroatoms. The number of hydrogen-bond acceptors (Lipinski definition) is 1. The first-order valence-electron chi connectivity index (χ1n) is 6.90. The van der Waals surface area contributed by atoms with Crippen molar-refractivity contribution in [3.8, 4) is 0 Å². The largest absolute Gasteiger partial charge is 0.294 e. The van der Waals surface area contributed by atoms with Crippen LogP contribution < -0.4 is 0 Å². The van der Waals surface area contributed by atoms with E-state index in [1.165, 1.54) is 10.8 Å². The maximum Gasteiger partial charge on any atom is 0.168 e. The van der Waals surface area contributed by atoms with Gasteiger partial charge < -0.3 is 0 Å². The molecule has 0 aliphatic carbocycles. The van der Waals surface area contributed by atoms with E-state index in [4.69, 9.17) is 0 Å². The number of benzene rings is 3. The Kier molecular flexibility index (Phi) is 3.89. The lowest BCUT2D eigenvalue weighted by molar-refractivity contribution is 0.0992. The van der Waals surface area contributed by atoms with Crippen LogP contribution >= 0.6 is 15.9 Å². The Morgan fingerprint density at radius 3 is 2.52 bits per heavy atom. The molecule has 0 radical (unpaired) electrons. The van der Waals surface area contributed by atoms with Crippen LogP contribution in [0.2, 0.25) is 0 Å². The predicted molar refractivity (Wildman–Crippen MR) is 90.9 cm³/mol. The van der Waals surface area contributed by atoms with Gasteiger partial charge in [-0.1, -0.05) is 70.0 Å². The van der Waals surface area contributed by atoms with Crippen LogP contribution in [-0.4, -0.2) is 5.78 Å². The van der Waals surface area contributed by atoms with E-state index < -0.39 is 0 Å². The van der Waals surface area contributed by atoms with Crippen LogP contribution in [0.25, 0.3) is 10.8 Å². The molecule has 0 aliphatic heterocycles. The topological polar surface area (TPSA) is 17.1 Å². The molecule has 0 saturated carbocycles. The molecule has 0 saturated heterocycles. The molecule has 0 bridgehead atoms. The zero-order valence-electron chi connectivity index (χ0n) is 11.8. The summed E-state index contributed by atoms with van der Waals surface area (Å²) in [5, 5.41) is 2.37. The summed E-state index contributed by atoms with van der Waals surface area (Å²) in [6.45, 7) is 2.00. The van der Waals surface area contributed by atoms with Crippen LogP contribution in [0.5, 0.6) is 0 Å². The lowest BCUT2D eigenvalue weighted by Crippen LogP contribution is -2.05. The van der Waals surface area contributed by atoms with Gasteiger partial charge in [0.2, 0.25) is 0 Å². The second kappa shape index (κ2) is 5.82. The number of carbonyl (C=O) groups excluding carboxylic acids is 1. The summed E-state index contributed by atoms with van der Waals surface area (Å²) >= 11 is 3.46. The first-order chi connectivity index (χ1) is 10.1. The molecule has 104 valence electrons. The van der Waals surface area contributed by atoms with Crippen LogP contribution in [-0.2, 0) is 6.42 Å². The predicted octanol–water partition coefficient (Wildman–Crippen LogP) is 5.34. The maximum absolute atomic E-state index is 12.5. The molecular weight excluding hydrogens is 324 g/mol. The minimum absolute atomic E-state index is 0.140. The van der Waals surface area contributed by atoms with Crippen molar-refractivity contribution in [1.29, 1.82) is 0 Å². The number of carbonyl (C=O) groups is 1. The minimum Gasteiger partial charge on any atom is -0.294 e. The van der Waals surface area contributed by atoms with Crippen LogP contribution in [0, 0.1) is 6.92 Å². The van der Waals surface area contributed by atoms with Crippen LogP contribution in [0.4, 0.5) is 0 Å². The van der Waals surface area contributed by atoms with Gasteiger partial charge in [0.05, 0.1) is 0 Å². The molecule has 3 aromatic rings. The van der Waals surface area contributed by atoms with Crippen molar-refractivity contribution < 1.29 is 4.79 Å². The van der Waals surface area contributed by atoms with Gasteiger partial charge in [-0.2, -0.15) is 0 Å². The highest BCUT2D eigenvalue weighted by atomic mass is 79.9. The van der Waals surface area contributed by atoms with Crippen molar-refractivity contribution in [1.82, 2.24) is 0 Å². The highest BCUT2D eigenvalue weighted by molar-refractivity contribution is 9.10. The van der Waals surface area contributed by atoms with Crippen molar-refractivity contribution in [2.24, 2.45) is 0 Å². The number of Topliss-reactive ketones (excluding diaryl/α,β-unsaturated/α-hetero) is 1. The first kappa shape index (κ1) is 14.0. The maximum atomic E-state index is 12.5. The third-order valence-electron chi connectivity index (χ3n) is 3.60. The Labute approximate surface area is 132 Å². The molecule has 0 unspecified atom stereocenters. The van der Waals surface area contributed by atoms with Crippen molar-refractivity contribution >= 4 is 32.5 Å². The van der Waals surface area contributed by atoms with Gasteiger partial charge in [-0.25, -0.2) is 0 Å². The standard InChI is InChI=1S/C19H15BrO/c1-13-6-9-18(20)17(10-13)19(21)12-14-7-8-15-4-2-3-5-16(15)11-14/h2-11H,12H2,1H3. The third kappa shape index (κ3) is 3.06. The highest BCUT2D eigenvalue weighted by Gasteiger charge is 2.11. The van der Waals surface area contributed by atoms with Gasteiger partial charge in [0.15, 0.2) is 5.78 Å². The van der Waals surface area contributed by atoms with Gasteiger partial charge in [0, 0.05) is 16.5 Å².